The molecular weight excluding hydrogens is 482 g/mol. The monoisotopic (exact) mass is 519 g/mol. The number of hydrogen-bond acceptors (Lipinski definition) is 6. The molecule has 2 aromatic rings. The van der Waals surface area contributed by atoms with Crippen molar-refractivity contribution in [2.24, 2.45) is 5.14 Å². The molecule has 5 rings (SSSR count). The van der Waals surface area contributed by atoms with Gasteiger partial charge >= 0.3 is 0 Å². The van der Waals surface area contributed by atoms with Crippen LogP contribution in [-0.4, -0.2) is 59.1 Å². The van der Waals surface area contributed by atoms with Crippen molar-refractivity contribution in [1.82, 2.24) is 10.2 Å². The lowest BCUT2D eigenvalue weighted by molar-refractivity contribution is 0.226. The number of nitrogens with one attached hydrogen (secondary N) is 2. The Bertz CT molecular complexity index is 1330. The number of anilines is 2. The summed E-state index contributed by atoms with van der Waals surface area (Å²) in [7, 11) is -1.48. The summed E-state index contributed by atoms with van der Waals surface area (Å²) in [5.74, 6) is 6.62. The molecule has 1 unspecified atom stereocenters. The minimum Gasteiger partial charge on any atom is -0.374 e. The summed E-state index contributed by atoms with van der Waals surface area (Å²) in [6.45, 7) is 7.16. The standard InChI is InChI=1S/C29H37N5O2S/c1-21(32-27-11-14-33(2)15-12-27)24-19-23-10-17-34-16-9-22(18-25(20-24)29(23)34)4-3-13-31-26-5-7-28(8-6-26)37(30,35)36/h5-8,18-21,27,31-32H,9-17H2,1-2H3,(H2,30,35,36). The van der Waals surface area contributed by atoms with Crippen molar-refractivity contribution in [1.29, 1.82) is 0 Å². The van der Waals surface area contributed by atoms with E-state index < -0.39 is 10.0 Å². The normalized spacial score (nSPS) is 18.9. The van der Waals surface area contributed by atoms with Crippen molar-refractivity contribution < 1.29 is 8.42 Å². The number of nitrogens with zero attached hydrogens (tertiary/aromatic N) is 2. The van der Waals surface area contributed by atoms with Crippen LogP contribution in [0.15, 0.2) is 46.9 Å². The van der Waals surface area contributed by atoms with Gasteiger partial charge in [-0.2, -0.15) is 0 Å². The van der Waals surface area contributed by atoms with E-state index in [4.69, 9.17) is 5.14 Å². The van der Waals surface area contributed by atoms with E-state index >= 15 is 0 Å². The molecule has 0 amide bonds. The van der Waals surface area contributed by atoms with E-state index in [1.165, 1.54) is 47.4 Å². The zero-order valence-corrected chi connectivity index (χ0v) is 22.6. The van der Waals surface area contributed by atoms with Crippen molar-refractivity contribution in [3.8, 4) is 11.8 Å². The topological polar surface area (TPSA) is 90.7 Å². The van der Waals surface area contributed by atoms with Crippen LogP contribution >= 0.6 is 0 Å². The van der Waals surface area contributed by atoms with Crippen LogP contribution in [0.25, 0.3) is 6.08 Å². The Balaban J connectivity index is 1.28. The van der Waals surface area contributed by atoms with Crippen LogP contribution in [-0.2, 0) is 16.4 Å². The lowest BCUT2D eigenvalue weighted by Gasteiger charge is -2.32. The minimum absolute atomic E-state index is 0.104. The molecule has 1 saturated heterocycles. The maximum atomic E-state index is 11.4. The quantitative estimate of drug-likeness (QED) is 0.507. The van der Waals surface area contributed by atoms with Gasteiger partial charge in [0.1, 0.15) is 0 Å². The molecule has 196 valence electrons. The van der Waals surface area contributed by atoms with Crippen LogP contribution < -0.4 is 20.7 Å². The Hall–Kier alpha value is -2.83. The molecular formula is C29H37N5O2S. The van der Waals surface area contributed by atoms with E-state index in [1.54, 1.807) is 12.1 Å². The van der Waals surface area contributed by atoms with Crippen molar-refractivity contribution in [3.63, 3.8) is 0 Å². The fourth-order valence-electron chi connectivity index (χ4n) is 5.58. The molecule has 2 aromatic carbocycles. The summed E-state index contributed by atoms with van der Waals surface area (Å²) < 4.78 is 22.8. The molecule has 7 nitrogen and oxygen atoms in total. The maximum Gasteiger partial charge on any atom is 0.238 e. The number of sulfonamides is 1. The van der Waals surface area contributed by atoms with Gasteiger partial charge in [-0.05, 0) is 106 Å². The third-order valence-electron chi connectivity index (χ3n) is 7.71. The van der Waals surface area contributed by atoms with Gasteiger partial charge in [-0.1, -0.05) is 17.9 Å². The molecule has 37 heavy (non-hydrogen) atoms. The van der Waals surface area contributed by atoms with E-state index in [-0.39, 0.29) is 4.90 Å². The number of benzene rings is 2. The van der Waals surface area contributed by atoms with Crippen molar-refractivity contribution >= 4 is 27.5 Å². The van der Waals surface area contributed by atoms with Crippen LogP contribution in [0.2, 0.25) is 0 Å². The molecule has 3 heterocycles. The molecule has 0 saturated carbocycles. The van der Waals surface area contributed by atoms with Gasteiger partial charge in [-0.15, -0.1) is 0 Å². The highest BCUT2D eigenvalue weighted by Crippen LogP contribution is 2.38. The molecule has 0 aliphatic carbocycles. The first-order valence-corrected chi connectivity index (χ1v) is 14.7. The first kappa shape index (κ1) is 25.8. The molecule has 0 radical (unpaired) electrons. The Morgan fingerprint density at radius 3 is 2.54 bits per heavy atom. The second kappa shape index (κ2) is 10.9. The van der Waals surface area contributed by atoms with Crippen molar-refractivity contribution in [2.45, 2.75) is 49.6 Å². The lowest BCUT2D eigenvalue weighted by atomic mass is 9.96. The van der Waals surface area contributed by atoms with Crippen molar-refractivity contribution in [2.75, 3.05) is 50.0 Å². The van der Waals surface area contributed by atoms with Crippen LogP contribution in [0.4, 0.5) is 11.4 Å². The minimum atomic E-state index is -3.68. The second-order valence-corrected chi connectivity index (χ2v) is 12.0. The number of primary sulfonamides is 1. The smallest absolute Gasteiger partial charge is 0.238 e. The predicted octanol–water partition coefficient (Wildman–Crippen LogP) is 3.34. The number of rotatable bonds is 6. The zero-order valence-electron chi connectivity index (χ0n) is 21.8. The Labute approximate surface area is 221 Å². The fourth-order valence-corrected chi connectivity index (χ4v) is 6.09. The number of nitrogens with two attached hydrogens (primary N) is 1. The highest BCUT2D eigenvalue weighted by molar-refractivity contribution is 7.89. The summed E-state index contributed by atoms with van der Waals surface area (Å²) in [6.07, 6.45) is 6.74. The van der Waals surface area contributed by atoms with Gasteiger partial charge in [0, 0.05) is 42.1 Å². The average Bonchev–Trinajstić information content (AvgIpc) is 3.20. The largest absolute Gasteiger partial charge is 0.374 e. The van der Waals surface area contributed by atoms with Gasteiger partial charge < -0.3 is 20.4 Å². The SMILES string of the molecule is CC(NC1CCN(C)CC1)c1cc2c3c(c1)CCN3CCC(C#CCNc1ccc(S(N)(=O)=O)cc1)=C2. The van der Waals surface area contributed by atoms with Gasteiger partial charge in [-0.25, -0.2) is 13.6 Å². The van der Waals surface area contributed by atoms with E-state index in [2.05, 4.69) is 64.5 Å². The van der Waals surface area contributed by atoms with Gasteiger partial charge in [-0.3, -0.25) is 0 Å². The fraction of sp³-hybridized carbons (Fsp3) is 0.448. The van der Waals surface area contributed by atoms with E-state index in [1.807, 2.05) is 0 Å². The van der Waals surface area contributed by atoms with Crippen LogP contribution in [0.3, 0.4) is 0 Å². The summed E-state index contributed by atoms with van der Waals surface area (Å²) in [5, 5.41) is 12.3. The first-order chi connectivity index (χ1) is 17.8. The van der Waals surface area contributed by atoms with Crippen LogP contribution in [0.5, 0.6) is 0 Å². The Morgan fingerprint density at radius 1 is 1.08 bits per heavy atom. The zero-order chi connectivity index (χ0) is 26.0. The molecule has 0 bridgehead atoms. The highest BCUT2D eigenvalue weighted by Gasteiger charge is 2.26. The first-order valence-electron chi connectivity index (χ1n) is 13.2. The third-order valence-corrected chi connectivity index (χ3v) is 8.63. The summed E-state index contributed by atoms with van der Waals surface area (Å²) in [5.41, 5.74) is 7.46. The van der Waals surface area contributed by atoms with E-state index in [0.29, 0.717) is 18.6 Å². The van der Waals surface area contributed by atoms with Crippen LogP contribution in [0, 0.1) is 11.8 Å². The Morgan fingerprint density at radius 2 is 1.81 bits per heavy atom. The molecule has 4 N–H and O–H groups in total. The summed E-state index contributed by atoms with van der Waals surface area (Å²) in [6, 6.07) is 12.1. The average molecular weight is 520 g/mol. The van der Waals surface area contributed by atoms with Gasteiger partial charge in [0.15, 0.2) is 0 Å². The van der Waals surface area contributed by atoms with Gasteiger partial charge in [0.05, 0.1) is 11.4 Å². The predicted molar refractivity (Wildman–Crippen MR) is 151 cm³/mol. The van der Waals surface area contributed by atoms with Gasteiger partial charge in [0.2, 0.25) is 10.0 Å². The lowest BCUT2D eigenvalue weighted by Crippen LogP contribution is -2.41. The van der Waals surface area contributed by atoms with E-state index in [9.17, 15) is 8.42 Å². The summed E-state index contributed by atoms with van der Waals surface area (Å²) in [4.78, 5) is 5.03. The third kappa shape index (κ3) is 6.19. The molecule has 0 spiro atoms. The van der Waals surface area contributed by atoms with Gasteiger partial charge in [0.25, 0.3) is 0 Å². The Kier molecular flexibility index (Phi) is 7.59. The van der Waals surface area contributed by atoms with E-state index in [0.717, 1.165) is 50.3 Å². The number of piperidine rings is 1. The highest BCUT2D eigenvalue weighted by atomic mass is 32.2. The molecule has 8 heteroatoms. The molecule has 1 atom stereocenters. The molecule has 3 aliphatic heterocycles. The second-order valence-electron chi connectivity index (χ2n) is 10.5. The molecule has 1 fully saturated rings. The number of likely N-dealkylation sites (tertiary alicyclic amines) is 1. The number of hydrogen-bond donors (Lipinski definition) is 3. The van der Waals surface area contributed by atoms with Crippen molar-refractivity contribution in [3.05, 3.63) is 58.7 Å². The molecule has 3 aliphatic rings. The summed E-state index contributed by atoms with van der Waals surface area (Å²) >= 11 is 0. The van der Waals surface area contributed by atoms with Crippen LogP contribution in [0.1, 0.15) is 48.9 Å². The maximum absolute atomic E-state index is 11.4. The molecule has 0 aromatic heterocycles.